The van der Waals surface area contributed by atoms with Crippen LogP contribution in [0.5, 0.6) is 0 Å². The minimum atomic E-state index is -0.801. The number of hydrogen-bond acceptors (Lipinski definition) is 3. The summed E-state index contributed by atoms with van der Waals surface area (Å²) in [5.74, 6) is 0.666. The van der Waals surface area contributed by atoms with E-state index in [4.69, 9.17) is 14.2 Å². The molecule has 4 heteroatoms. The second-order valence-electron chi connectivity index (χ2n) is 6.15. The molecule has 0 aromatic carbocycles. The van der Waals surface area contributed by atoms with Crippen LogP contribution in [0.4, 0.5) is 0 Å². The van der Waals surface area contributed by atoms with Crippen molar-refractivity contribution < 1.29 is 14.2 Å². The second-order valence-corrected chi connectivity index (χ2v) is 6.86. The average Bonchev–Trinajstić information content (AvgIpc) is 2.28. The van der Waals surface area contributed by atoms with Gasteiger partial charge in [-0.2, -0.15) is 0 Å². The lowest BCUT2D eigenvalue weighted by atomic mass is 10.2. The van der Waals surface area contributed by atoms with Crippen molar-refractivity contribution in [2.75, 3.05) is 19.8 Å². The van der Waals surface area contributed by atoms with Gasteiger partial charge in [-0.1, -0.05) is 41.5 Å². The van der Waals surface area contributed by atoms with E-state index < -0.39 is 5.97 Å². The highest BCUT2D eigenvalue weighted by atomic mass is 28.1. The van der Waals surface area contributed by atoms with Crippen molar-refractivity contribution >= 4 is 10.2 Å². The quantitative estimate of drug-likeness (QED) is 0.453. The first kappa shape index (κ1) is 18.1. The van der Waals surface area contributed by atoms with E-state index in [9.17, 15) is 0 Å². The lowest BCUT2D eigenvalue weighted by Crippen LogP contribution is -2.41. The van der Waals surface area contributed by atoms with Gasteiger partial charge in [0, 0.05) is 16.3 Å². The van der Waals surface area contributed by atoms with Gasteiger partial charge in [0.05, 0.1) is 19.8 Å². The predicted octanol–water partition coefficient (Wildman–Crippen LogP) is 2.44. The summed E-state index contributed by atoms with van der Waals surface area (Å²) in [4.78, 5) is 0. The minimum Gasteiger partial charge on any atom is -0.327 e. The molecule has 3 nitrogen and oxygen atoms in total. The topological polar surface area (TPSA) is 27.7 Å². The third-order valence-corrected chi connectivity index (χ3v) is 3.21. The minimum absolute atomic E-state index is 0.489. The fourth-order valence-electron chi connectivity index (χ4n) is 1.31. The normalized spacial score (nSPS) is 13.2. The van der Waals surface area contributed by atoms with E-state index in [1.54, 1.807) is 0 Å². The van der Waals surface area contributed by atoms with E-state index in [1.807, 2.05) is 0 Å². The highest BCUT2D eigenvalue weighted by Gasteiger charge is 2.32. The molecule has 0 amide bonds. The average molecular weight is 276 g/mol. The van der Waals surface area contributed by atoms with Crippen LogP contribution in [0.25, 0.3) is 0 Å². The van der Waals surface area contributed by atoms with E-state index in [0.717, 1.165) is 16.3 Å². The molecular weight excluding hydrogens is 244 g/mol. The van der Waals surface area contributed by atoms with Gasteiger partial charge in [0.25, 0.3) is 5.97 Å². The molecule has 0 atom stereocenters. The Kier molecular flexibility index (Phi) is 9.12. The maximum atomic E-state index is 5.93. The van der Waals surface area contributed by atoms with Crippen molar-refractivity contribution in [3.05, 3.63) is 0 Å². The SMILES string of the molecule is CC(C)COC(C[SiH3])(OCC(C)C)OCC(C)C. The van der Waals surface area contributed by atoms with Crippen molar-refractivity contribution in [2.45, 2.75) is 53.6 Å². The summed E-state index contributed by atoms with van der Waals surface area (Å²) >= 11 is 0. The Morgan fingerprint density at radius 1 is 0.722 bits per heavy atom. The van der Waals surface area contributed by atoms with Gasteiger partial charge in [0.1, 0.15) is 0 Å². The molecule has 0 aromatic rings. The van der Waals surface area contributed by atoms with Crippen molar-refractivity contribution in [3.63, 3.8) is 0 Å². The molecule has 0 N–H and O–H groups in total. The summed E-state index contributed by atoms with van der Waals surface area (Å²) in [5, 5.41) is 0. The van der Waals surface area contributed by atoms with Crippen LogP contribution in [-0.2, 0) is 14.2 Å². The van der Waals surface area contributed by atoms with Gasteiger partial charge < -0.3 is 14.2 Å². The largest absolute Gasteiger partial charge is 0.327 e. The van der Waals surface area contributed by atoms with E-state index in [-0.39, 0.29) is 0 Å². The molecule has 0 aliphatic heterocycles. The van der Waals surface area contributed by atoms with Gasteiger partial charge in [-0.05, 0) is 17.8 Å². The molecule has 0 aromatic heterocycles. The smallest absolute Gasteiger partial charge is 0.279 e. The van der Waals surface area contributed by atoms with Crippen LogP contribution in [0.1, 0.15) is 41.5 Å². The molecule has 0 spiro atoms. The number of rotatable bonds is 10. The summed E-state index contributed by atoms with van der Waals surface area (Å²) in [6, 6.07) is 0.846. The molecule has 0 aliphatic carbocycles. The van der Waals surface area contributed by atoms with Gasteiger partial charge in [-0.3, -0.25) is 0 Å². The zero-order valence-electron chi connectivity index (χ0n) is 13.3. The zero-order chi connectivity index (χ0) is 14.2. The maximum absolute atomic E-state index is 5.93. The fraction of sp³-hybridized carbons (Fsp3) is 1.00. The van der Waals surface area contributed by atoms with E-state index in [0.29, 0.717) is 37.6 Å². The van der Waals surface area contributed by atoms with Gasteiger partial charge in [-0.15, -0.1) is 0 Å². The van der Waals surface area contributed by atoms with Crippen LogP contribution >= 0.6 is 0 Å². The predicted molar refractivity (Wildman–Crippen MR) is 79.8 cm³/mol. The fourth-order valence-corrected chi connectivity index (χ4v) is 1.92. The Morgan fingerprint density at radius 3 is 1.17 bits per heavy atom. The number of hydrogen-bond donors (Lipinski definition) is 0. The van der Waals surface area contributed by atoms with Crippen LogP contribution in [0.3, 0.4) is 0 Å². The highest BCUT2D eigenvalue weighted by molar-refractivity contribution is 6.09. The van der Waals surface area contributed by atoms with Crippen LogP contribution in [0, 0.1) is 17.8 Å². The Balaban J connectivity index is 4.49. The van der Waals surface area contributed by atoms with Crippen LogP contribution in [0.2, 0.25) is 6.04 Å². The lowest BCUT2D eigenvalue weighted by Gasteiger charge is -2.34. The van der Waals surface area contributed by atoms with Crippen LogP contribution < -0.4 is 0 Å². The zero-order valence-corrected chi connectivity index (χ0v) is 15.3. The molecule has 0 radical (unpaired) electrons. The van der Waals surface area contributed by atoms with Gasteiger partial charge in [0.2, 0.25) is 0 Å². The molecular formula is C14H32O3Si. The molecule has 0 heterocycles. The second kappa shape index (κ2) is 9.07. The number of ether oxygens (including phenoxy) is 3. The van der Waals surface area contributed by atoms with Crippen LogP contribution in [-0.4, -0.2) is 36.0 Å². The molecule has 0 fully saturated rings. The van der Waals surface area contributed by atoms with E-state index in [2.05, 4.69) is 41.5 Å². The first-order chi connectivity index (χ1) is 8.31. The Labute approximate surface area is 116 Å². The third kappa shape index (κ3) is 8.24. The van der Waals surface area contributed by atoms with E-state index in [1.165, 1.54) is 0 Å². The van der Waals surface area contributed by atoms with E-state index >= 15 is 0 Å². The first-order valence-corrected chi connectivity index (χ1v) is 8.64. The van der Waals surface area contributed by atoms with Crippen molar-refractivity contribution in [1.29, 1.82) is 0 Å². The summed E-state index contributed by atoms with van der Waals surface area (Å²) < 4.78 is 17.8. The summed E-state index contributed by atoms with van der Waals surface area (Å²) in [5.41, 5.74) is 0. The van der Waals surface area contributed by atoms with Gasteiger partial charge in [-0.25, -0.2) is 0 Å². The van der Waals surface area contributed by atoms with Crippen molar-refractivity contribution in [1.82, 2.24) is 0 Å². The van der Waals surface area contributed by atoms with Gasteiger partial charge >= 0.3 is 0 Å². The first-order valence-electron chi connectivity index (χ1n) is 7.23. The lowest BCUT2D eigenvalue weighted by molar-refractivity contribution is -0.375. The summed E-state index contributed by atoms with van der Waals surface area (Å²) in [6.45, 7) is 14.9. The highest BCUT2D eigenvalue weighted by Crippen LogP contribution is 2.22. The Bertz CT molecular complexity index is 174. The van der Waals surface area contributed by atoms with Gasteiger partial charge in [0.15, 0.2) is 0 Å². The Morgan fingerprint density at radius 2 is 1.00 bits per heavy atom. The molecule has 0 rings (SSSR count). The maximum Gasteiger partial charge on any atom is 0.279 e. The Hall–Kier alpha value is 0.0969. The molecule has 0 unspecified atom stereocenters. The van der Waals surface area contributed by atoms with Crippen molar-refractivity contribution in [3.8, 4) is 0 Å². The third-order valence-electron chi connectivity index (χ3n) is 2.34. The summed E-state index contributed by atoms with van der Waals surface area (Å²) in [7, 11) is 1.00. The molecule has 0 saturated carbocycles. The summed E-state index contributed by atoms with van der Waals surface area (Å²) in [6.07, 6.45) is 0. The molecule has 0 saturated heterocycles. The molecule has 0 bridgehead atoms. The van der Waals surface area contributed by atoms with Crippen molar-refractivity contribution in [2.24, 2.45) is 17.8 Å². The molecule has 18 heavy (non-hydrogen) atoms. The molecule has 0 aliphatic rings. The standard InChI is InChI=1S/C14H32O3Si/c1-11(2)7-15-14(10-18,16-8-12(3)4)17-9-13(5)6/h11-13H,7-10H2,1-6,18H3. The van der Waals surface area contributed by atoms with Crippen LogP contribution in [0.15, 0.2) is 0 Å². The molecule has 110 valence electrons. The monoisotopic (exact) mass is 276 g/mol.